The van der Waals surface area contributed by atoms with Gasteiger partial charge in [-0.15, -0.1) is 0 Å². The van der Waals surface area contributed by atoms with E-state index >= 15 is 0 Å². The molecule has 1 unspecified atom stereocenters. The van der Waals surface area contributed by atoms with Gasteiger partial charge in [0.1, 0.15) is 24.7 Å². The van der Waals surface area contributed by atoms with E-state index in [1.54, 1.807) is 58.0 Å². The fourth-order valence-corrected chi connectivity index (χ4v) is 3.19. The quantitative estimate of drug-likeness (QED) is 0.293. The third-order valence-corrected chi connectivity index (χ3v) is 4.73. The Morgan fingerprint density at radius 1 is 1.12 bits per heavy atom. The lowest BCUT2D eigenvalue weighted by atomic mass is 9.94. The molecule has 2 aromatic rings. The first-order chi connectivity index (χ1) is 15.6. The summed E-state index contributed by atoms with van der Waals surface area (Å²) in [7, 11) is 3.61. The van der Waals surface area contributed by atoms with Gasteiger partial charge in [-0.2, -0.15) is 0 Å². The highest BCUT2D eigenvalue weighted by atomic mass is 16.6. The number of anilines is 1. The lowest BCUT2D eigenvalue weighted by Crippen LogP contribution is -2.36. The Morgan fingerprint density at radius 3 is 2.18 bits per heavy atom. The van der Waals surface area contributed by atoms with Crippen molar-refractivity contribution in [3.8, 4) is 5.75 Å². The maximum absolute atomic E-state index is 12.4. The van der Waals surface area contributed by atoms with Crippen molar-refractivity contribution in [1.29, 1.82) is 0 Å². The van der Waals surface area contributed by atoms with Crippen LogP contribution in [-0.4, -0.2) is 44.7 Å². The number of benzene rings is 2. The summed E-state index contributed by atoms with van der Waals surface area (Å²) in [6, 6.07) is 13.4. The summed E-state index contributed by atoms with van der Waals surface area (Å²) in [5, 5.41) is 0. The van der Waals surface area contributed by atoms with Gasteiger partial charge in [-0.3, -0.25) is 20.1 Å². The van der Waals surface area contributed by atoms with Gasteiger partial charge in [0.15, 0.2) is 12.2 Å². The predicted molar refractivity (Wildman–Crippen MR) is 125 cm³/mol. The zero-order valence-electron chi connectivity index (χ0n) is 19.8. The van der Waals surface area contributed by atoms with E-state index in [2.05, 4.69) is 12.1 Å². The van der Waals surface area contributed by atoms with Crippen LogP contribution in [0, 0.1) is 5.92 Å². The molecule has 2 bridgehead atoms. The highest BCUT2D eigenvalue weighted by Gasteiger charge is 2.33. The zero-order chi connectivity index (χ0) is 24.6. The van der Waals surface area contributed by atoms with Crippen molar-refractivity contribution in [2.75, 3.05) is 25.7 Å². The SMILES string of the molecule is CN(C)c1cccc(CC(C(=O)OCN)C(=O)OC(C)(C)C)c1C=O.c1cc2ccc1CO2. The highest BCUT2D eigenvalue weighted by Crippen LogP contribution is 2.25. The standard InChI is InChI=1S/C18H26N2O5.C7H6O/c1-18(2,3)25-17(23)13(16(22)24-11-19)9-12-7-6-8-15(20(4)5)14(12)10-21;1-3-7-4-2-6(1)5-8-7/h6-8,10,13H,9,11,19H2,1-5H3;1-4H,5H2. The van der Waals surface area contributed by atoms with E-state index in [0.29, 0.717) is 23.1 Å². The van der Waals surface area contributed by atoms with E-state index in [0.717, 1.165) is 12.4 Å². The third-order valence-electron chi connectivity index (χ3n) is 4.73. The fraction of sp³-hybridized carbons (Fsp3) is 0.400. The number of hydrogen-bond acceptors (Lipinski definition) is 8. The molecular formula is C25H32N2O6. The number of rotatable bonds is 7. The van der Waals surface area contributed by atoms with Crippen LogP contribution in [0.5, 0.6) is 5.75 Å². The summed E-state index contributed by atoms with van der Waals surface area (Å²) in [5.41, 5.74) is 7.44. The zero-order valence-corrected chi connectivity index (χ0v) is 19.8. The number of nitrogens with two attached hydrogens (primary N) is 1. The van der Waals surface area contributed by atoms with Gasteiger partial charge in [0.2, 0.25) is 0 Å². The molecule has 178 valence electrons. The largest absolute Gasteiger partial charge is 0.489 e. The second-order valence-electron chi connectivity index (χ2n) is 8.72. The molecule has 0 spiro atoms. The number of aldehydes is 1. The van der Waals surface area contributed by atoms with Gasteiger partial charge in [0.25, 0.3) is 0 Å². The van der Waals surface area contributed by atoms with E-state index in [4.69, 9.17) is 19.9 Å². The van der Waals surface area contributed by atoms with Crippen LogP contribution < -0.4 is 15.4 Å². The van der Waals surface area contributed by atoms with E-state index < -0.39 is 23.5 Å². The maximum atomic E-state index is 12.4. The van der Waals surface area contributed by atoms with E-state index in [1.165, 1.54) is 5.56 Å². The van der Waals surface area contributed by atoms with E-state index in [-0.39, 0.29) is 13.2 Å². The summed E-state index contributed by atoms with van der Waals surface area (Å²) in [6.07, 6.45) is 0.703. The first-order valence-electron chi connectivity index (χ1n) is 10.6. The summed E-state index contributed by atoms with van der Waals surface area (Å²) >= 11 is 0. The van der Waals surface area contributed by atoms with Gasteiger partial charge in [-0.05, 0) is 56.5 Å². The third kappa shape index (κ3) is 7.61. The van der Waals surface area contributed by atoms with Crippen LogP contribution in [0.4, 0.5) is 5.69 Å². The molecule has 0 aromatic heterocycles. The molecule has 4 rings (SSSR count). The number of nitrogens with zero attached hydrogens (tertiary/aromatic N) is 1. The van der Waals surface area contributed by atoms with Crippen molar-refractivity contribution in [1.82, 2.24) is 0 Å². The molecule has 8 nitrogen and oxygen atoms in total. The summed E-state index contributed by atoms with van der Waals surface area (Å²) in [4.78, 5) is 38.0. The Bertz CT molecular complexity index is 941. The lowest BCUT2D eigenvalue weighted by Gasteiger charge is -2.24. The lowest BCUT2D eigenvalue weighted by molar-refractivity contribution is -0.169. The molecule has 2 aliphatic heterocycles. The van der Waals surface area contributed by atoms with Gasteiger partial charge in [-0.25, -0.2) is 0 Å². The van der Waals surface area contributed by atoms with Crippen LogP contribution >= 0.6 is 0 Å². The Morgan fingerprint density at radius 2 is 1.79 bits per heavy atom. The summed E-state index contributed by atoms with van der Waals surface area (Å²) in [6.45, 7) is 5.55. The first-order valence-corrected chi connectivity index (χ1v) is 10.6. The average Bonchev–Trinajstić information content (AvgIpc) is 2.77. The van der Waals surface area contributed by atoms with Crippen molar-refractivity contribution in [2.45, 2.75) is 39.4 Å². The molecule has 0 radical (unpaired) electrons. The number of ether oxygens (including phenoxy) is 3. The number of esters is 2. The van der Waals surface area contributed by atoms with Crippen molar-refractivity contribution in [3.63, 3.8) is 0 Å². The minimum Gasteiger partial charge on any atom is -0.489 e. The van der Waals surface area contributed by atoms with Gasteiger partial charge in [-0.1, -0.05) is 24.3 Å². The second-order valence-corrected chi connectivity index (χ2v) is 8.72. The van der Waals surface area contributed by atoms with Gasteiger partial charge in [0.05, 0.1) is 0 Å². The van der Waals surface area contributed by atoms with Crippen molar-refractivity contribution in [2.24, 2.45) is 11.7 Å². The molecule has 33 heavy (non-hydrogen) atoms. The maximum Gasteiger partial charge on any atom is 0.321 e. The van der Waals surface area contributed by atoms with Gasteiger partial charge < -0.3 is 19.1 Å². The Hall–Kier alpha value is -3.39. The number of carbonyl (C=O) groups is 3. The molecule has 1 atom stereocenters. The average molecular weight is 457 g/mol. The van der Waals surface area contributed by atoms with Crippen LogP contribution in [0.25, 0.3) is 0 Å². The molecule has 2 N–H and O–H groups in total. The molecule has 2 heterocycles. The minimum atomic E-state index is -1.20. The number of carbonyl (C=O) groups excluding carboxylic acids is 3. The molecule has 0 aliphatic carbocycles. The fourth-order valence-electron chi connectivity index (χ4n) is 3.19. The van der Waals surface area contributed by atoms with Crippen molar-refractivity contribution in [3.05, 3.63) is 59.2 Å². The monoisotopic (exact) mass is 456 g/mol. The molecule has 0 saturated heterocycles. The summed E-state index contributed by atoms with van der Waals surface area (Å²) in [5.74, 6) is -1.69. The topological polar surface area (TPSA) is 108 Å². The van der Waals surface area contributed by atoms with Crippen LogP contribution in [-0.2, 0) is 32.1 Å². The minimum absolute atomic E-state index is 0.0104. The van der Waals surface area contributed by atoms with Crippen molar-refractivity contribution >= 4 is 23.9 Å². The van der Waals surface area contributed by atoms with Gasteiger partial charge >= 0.3 is 11.9 Å². The van der Waals surface area contributed by atoms with Crippen LogP contribution in [0.2, 0.25) is 0 Å². The highest BCUT2D eigenvalue weighted by molar-refractivity contribution is 5.96. The Kier molecular flexibility index (Phi) is 8.99. The van der Waals surface area contributed by atoms with E-state index in [9.17, 15) is 14.4 Å². The predicted octanol–water partition coefficient (Wildman–Crippen LogP) is 3.10. The number of hydrogen-bond donors (Lipinski definition) is 1. The molecule has 0 saturated carbocycles. The van der Waals surface area contributed by atoms with Gasteiger partial charge in [0, 0.05) is 25.3 Å². The molecule has 0 amide bonds. The molecule has 8 heteroatoms. The second kappa shape index (κ2) is 11.5. The van der Waals surface area contributed by atoms with Crippen LogP contribution in [0.3, 0.4) is 0 Å². The smallest absolute Gasteiger partial charge is 0.321 e. The van der Waals surface area contributed by atoms with Crippen LogP contribution in [0.1, 0.15) is 42.3 Å². The molecular weight excluding hydrogens is 424 g/mol. The first kappa shape index (κ1) is 25.9. The van der Waals surface area contributed by atoms with Crippen molar-refractivity contribution < 1.29 is 28.6 Å². The molecule has 0 fully saturated rings. The van der Waals surface area contributed by atoms with E-state index in [1.807, 2.05) is 12.1 Å². The molecule has 2 aromatic carbocycles. The molecule has 2 aliphatic rings. The normalized spacial score (nSPS) is 12.5. The summed E-state index contributed by atoms with van der Waals surface area (Å²) < 4.78 is 15.3. The van der Waals surface area contributed by atoms with Crippen LogP contribution in [0.15, 0.2) is 42.5 Å². The Balaban J connectivity index is 0.000000395. The Labute approximate surface area is 194 Å². The number of fused-ring (bicyclic) bond motifs is 3.